The van der Waals surface area contributed by atoms with Gasteiger partial charge in [-0.3, -0.25) is 9.55 Å². The number of phenols is 1. The molecule has 0 aliphatic carbocycles. The number of aromatic hydroxyl groups is 1. The Labute approximate surface area is 381 Å². The van der Waals surface area contributed by atoms with Gasteiger partial charge in [0.2, 0.25) is 0 Å². The van der Waals surface area contributed by atoms with E-state index in [1.807, 2.05) is 24.4 Å². The van der Waals surface area contributed by atoms with Gasteiger partial charge in [0, 0.05) is 38.5 Å². The summed E-state index contributed by atoms with van der Waals surface area (Å²) in [7, 11) is 0. The number of fused-ring (bicyclic) bond motifs is 3. The van der Waals surface area contributed by atoms with Crippen LogP contribution in [0.1, 0.15) is 84.6 Å². The molecule has 2 aromatic heterocycles. The fourth-order valence-electron chi connectivity index (χ4n) is 9.12. The van der Waals surface area contributed by atoms with Crippen molar-refractivity contribution in [3.8, 4) is 56.2 Å². The van der Waals surface area contributed by atoms with Crippen molar-refractivity contribution in [2.45, 2.75) is 85.5 Å². The predicted molar refractivity (Wildman–Crippen MR) is 257 cm³/mol. The number of benzene rings is 7. The molecule has 9 rings (SSSR count). The monoisotopic (exact) mass is 991 g/mol. The zero-order chi connectivity index (χ0) is 43.0. The summed E-state index contributed by atoms with van der Waals surface area (Å²) in [5.74, 6) is 0.867. The molecule has 0 saturated carbocycles. The number of pyridine rings is 1. The van der Waals surface area contributed by atoms with Crippen LogP contribution in [0.25, 0.3) is 83.2 Å². The Bertz CT molecular complexity index is 3150. The molecule has 0 spiro atoms. The molecule has 0 amide bonds. The van der Waals surface area contributed by atoms with E-state index in [-0.39, 0.29) is 43.1 Å². The number of hydrogen-bond donors (Lipinski definition) is 1. The van der Waals surface area contributed by atoms with Gasteiger partial charge in [0.25, 0.3) is 0 Å². The van der Waals surface area contributed by atoms with Crippen LogP contribution in [-0.4, -0.2) is 19.6 Å². The Morgan fingerprint density at radius 3 is 1.87 bits per heavy atom. The van der Waals surface area contributed by atoms with Gasteiger partial charge >= 0.3 is 0 Å². The molecule has 0 aliphatic rings. The topological polar surface area (TPSA) is 50.9 Å². The minimum atomic E-state index is -0.141. The van der Waals surface area contributed by atoms with Crippen molar-refractivity contribution in [3.63, 3.8) is 0 Å². The van der Waals surface area contributed by atoms with Gasteiger partial charge in [-0.1, -0.05) is 158 Å². The van der Waals surface area contributed by atoms with Crippen LogP contribution in [-0.2, 0) is 37.3 Å². The maximum atomic E-state index is 11.7. The molecule has 62 heavy (non-hydrogen) atoms. The largest absolute Gasteiger partial charge is 0.507 e. The third-order valence-electron chi connectivity index (χ3n) is 12.2. The molecule has 2 heterocycles. The van der Waals surface area contributed by atoms with E-state index >= 15 is 0 Å². The van der Waals surface area contributed by atoms with E-state index in [4.69, 9.17) is 9.97 Å². The van der Waals surface area contributed by atoms with Crippen LogP contribution in [0.4, 0.5) is 0 Å². The maximum absolute atomic E-state index is 11.7. The number of aromatic nitrogens is 3. The van der Waals surface area contributed by atoms with Crippen LogP contribution in [0.2, 0.25) is 0 Å². The Kier molecular flexibility index (Phi) is 10.9. The molecule has 1 N–H and O–H groups in total. The maximum Gasteiger partial charge on any atom is 0.148 e. The molecule has 0 fully saturated rings. The quantitative estimate of drug-likeness (QED) is 0.175. The van der Waals surface area contributed by atoms with Crippen molar-refractivity contribution in [2.75, 3.05) is 0 Å². The number of phenolic OH excluding ortho intramolecular Hbond substituents is 1. The number of hydrogen-bond acceptors (Lipinski definition) is 3. The van der Waals surface area contributed by atoms with E-state index < -0.39 is 0 Å². The summed E-state index contributed by atoms with van der Waals surface area (Å²) in [5.41, 5.74) is 15.2. The van der Waals surface area contributed by atoms with E-state index in [1.54, 1.807) is 0 Å². The first-order valence-electron chi connectivity index (χ1n) is 21.4. The second-order valence-electron chi connectivity index (χ2n) is 19.7. The van der Waals surface area contributed by atoms with Gasteiger partial charge < -0.3 is 5.11 Å². The second kappa shape index (κ2) is 15.8. The van der Waals surface area contributed by atoms with Crippen LogP contribution < -0.4 is 0 Å². The van der Waals surface area contributed by atoms with Crippen molar-refractivity contribution in [3.05, 3.63) is 168 Å². The van der Waals surface area contributed by atoms with Crippen LogP contribution >= 0.6 is 0 Å². The Morgan fingerprint density at radius 2 is 1.18 bits per heavy atom. The third-order valence-corrected chi connectivity index (χ3v) is 12.2. The van der Waals surface area contributed by atoms with Gasteiger partial charge in [0.1, 0.15) is 11.6 Å². The molecule has 5 heteroatoms. The van der Waals surface area contributed by atoms with E-state index in [1.165, 1.54) is 32.8 Å². The minimum absolute atomic E-state index is 0. The average molecular weight is 992 g/mol. The molecule has 7 aromatic carbocycles. The van der Waals surface area contributed by atoms with Crippen molar-refractivity contribution in [1.82, 2.24) is 14.5 Å². The van der Waals surface area contributed by atoms with E-state index in [0.29, 0.717) is 11.4 Å². The Balaban J connectivity index is 0.00000529. The van der Waals surface area contributed by atoms with Crippen molar-refractivity contribution in [2.24, 2.45) is 0 Å². The predicted octanol–water partition coefficient (Wildman–Crippen LogP) is 15.1. The molecular formula is C57H54N3OPt-. The average Bonchev–Trinajstić information content (AvgIpc) is 3.61. The minimum Gasteiger partial charge on any atom is -0.507 e. The summed E-state index contributed by atoms with van der Waals surface area (Å²) in [6, 6.07) is 51.2. The molecule has 9 aromatic rings. The van der Waals surface area contributed by atoms with Gasteiger partial charge in [0.05, 0.1) is 16.6 Å². The van der Waals surface area contributed by atoms with Gasteiger partial charge in [-0.15, -0.1) is 35.4 Å². The fourth-order valence-corrected chi connectivity index (χ4v) is 9.12. The summed E-state index contributed by atoms with van der Waals surface area (Å²) in [6.07, 6.45) is 1.89. The SMILES string of the molecule is Cc1cc(-c2[c-]c(-c3cc(-c4cccc5ccccc45)cc4c3nc(-c3cc(C(C)(C)C)ccc3O)n4-c3ccc(C(C)(C)C)cc3)ccc2)c2ncccc2c1C(C)(C)C.[Pt]. The van der Waals surface area contributed by atoms with Gasteiger partial charge in [0.15, 0.2) is 0 Å². The molecule has 0 bridgehead atoms. The summed E-state index contributed by atoms with van der Waals surface area (Å²) in [5, 5.41) is 15.2. The number of rotatable bonds is 5. The molecule has 0 atom stereocenters. The van der Waals surface area contributed by atoms with Crippen molar-refractivity contribution < 1.29 is 26.2 Å². The first kappa shape index (κ1) is 42.8. The molecule has 0 radical (unpaired) electrons. The van der Waals surface area contributed by atoms with Crippen molar-refractivity contribution in [1.29, 1.82) is 0 Å². The number of nitrogens with zero attached hydrogens (tertiary/aromatic N) is 3. The van der Waals surface area contributed by atoms with Gasteiger partial charge in [-0.05, 0) is 104 Å². The molecule has 0 unspecified atom stereocenters. The number of imidazole rings is 1. The zero-order valence-corrected chi connectivity index (χ0v) is 39.7. The molecule has 0 saturated heterocycles. The number of aryl methyl sites for hydroxylation is 1. The molecule has 4 nitrogen and oxygen atoms in total. The second-order valence-corrected chi connectivity index (χ2v) is 19.7. The summed E-state index contributed by atoms with van der Waals surface area (Å²) < 4.78 is 2.23. The van der Waals surface area contributed by atoms with Crippen molar-refractivity contribution >= 4 is 32.7 Å². The Hall–Kier alpha value is -5.83. The first-order chi connectivity index (χ1) is 29.0. The Morgan fingerprint density at radius 1 is 0.548 bits per heavy atom. The van der Waals surface area contributed by atoms with Crippen LogP contribution in [0.3, 0.4) is 0 Å². The summed E-state index contributed by atoms with van der Waals surface area (Å²) in [4.78, 5) is 10.5. The molecule has 314 valence electrons. The fraction of sp³-hybridized carbons (Fsp3) is 0.228. The molecule has 0 aliphatic heterocycles. The molecular weight excluding hydrogens is 938 g/mol. The van der Waals surface area contributed by atoms with E-state index in [0.717, 1.165) is 61.2 Å². The van der Waals surface area contributed by atoms with Crippen LogP contribution in [0, 0.1) is 13.0 Å². The third kappa shape index (κ3) is 7.68. The van der Waals surface area contributed by atoms with Crippen LogP contribution in [0.5, 0.6) is 5.75 Å². The zero-order valence-electron chi connectivity index (χ0n) is 37.4. The van der Waals surface area contributed by atoms with Gasteiger partial charge in [-0.2, -0.15) is 0 Å². The first-order valence-corrected chi connectivity index (χ1v) is 21.4. The standard InChI is InChI=1S/C57H54N3O.Pt/c1-35-30-46(52-45(22-15-29-58-52)51(35)57(8,9)10)37-18-13-19-38(31-37)47-32-39(44-21-14-17-36-16-11-12-20-43(36)44)33-49-53(47)59-54(48-34-41(56(5,6)7)25-28-50(48)61)60(49)42-26-23-40(24-27-42)55(2,3)4;/h11-30,32-34,61H,1-10H3;/q-1;. The normalized spacial score (nSPS) is 12.3. The van der Waals surface area contributed by atoms with E-state index in [2.05, 4.69) is 195 Å². The van der Waals surface area contributed by atoms with Crippen LogP contribution in [0.15, 0.2) is 140 Å². The van der Waals surface area contributed by atoms with Gasteiger partial charge in [-0.25, -0.2) is 4.98 Å². The van der Waals surface area contributed by atoms with E-state index in [9.17, 15) is 5.11 Å². The smallest absolute Gasteiger partial charge is 0.148 e. The summed E-state index contributed by atoms with van der Waals surface area (Å²) in [6.45, 7) is 22.3. The summed E-state index contributed by atoms with van der Waals surface area (Å²) >= 11 is 0.